The van der Waals surface area contributed by atoms with Crippen LogP contribution in [0.4, 0.5) is 4.39 Å². The van der Waals surface area contributed by atoms with Crippen molar-refractivity contribution in [1.82, 2.24) is 10.2 Å². The van der Waals surface area contributed by atoms with Gasteiger partial charge in [0.15, 0.2) is 0 Å². The Kier molecular flexibility index (Phi) is 5.64. The molecule has 1 fully saturated rings. The first-order valence-electron chi connectivity index (χ1n) is 7.75. The predicted octanol–water partition coefficient (Wildman–Crippen LogP) is 4.08. The van der Waals surface area contributed by atoms with Crippen LogP contribution < -0.4 is 5.32 Å². The maximum atomic E-state index is 13.2. The van der Waals surface area contributed by atoms with Gasteiger partial charge in [-0.05, 0) is 70.3 Å². The minimum Gasteiger partial charge on any atom is -0.312 e. The molecule has 1 N–H and O–H groups in total. The van der Waals surface area contributed by atoms with Crippen LogP contribution in [0.2, 0.25) is 5.02 Å². The summed E-state index contributed by atoms with van der Waals surface area (Å²) in [5.74, 6) is 0.347. The molecule has 2 nitrogen and oxygen atoms in total. The zero-order valence-electron chi connectivity index (χ0n) is 13.3. The molecule has 1 aliphatic heterocycles. The van der Waals surface area contributed by atoms with E-state index in [2.05, 4.69) is 31.0 Å². The highest BCUT2D eigenvalue weighted by molar-refractivity contribution is 6.30. The van der Waals surface area contributed by atoms with Crippen molar-refractivity contribution in [2.45, 2.75) is 45.7 Å². The van der Waals surface area contributed by atoms with Crippen LogP contribution in [-0.4, -0.2) is 30.1 Å². The number of hydrogen-bond donors (Lipinski definition) is 1. The monoisotopic (exact) mass is 312 g/mol. The molecule has 21 heavy (non-hydrogen) atoms. The highest BCUT2D eigenvalue weighted by Crippen LogP contribution is 2.21. The summed E-state index contributed by atoms with van der Waals surface area (Å²) in [5.41, 5.74) is 1.26. The first kappa shape index (κ1) is 16.7. The molecular weight excluding hydrogens is 287 g/mol. The van der Waals surface area contributed by atoms with Crippen molar-refractivity contribution in [2.75, 3.05) is 19.6 Å². The molecule has 0 bridgehead atoms. The summed E-state index contributed by atoms with van der Waals surface area (Å²) >= 11 is 5.86. The van der Waals surface area contributed by atoms with Crippen LogP contribution in [-0.2, 0) is 6.54 Å². The number of nitrogens with zero attached hydrogens (tertiary/aromatic N) is 1. The SMILES string of the molecule is CC(C)(C)NCC1CCCN(Cc2ccc(F)c(Cl)c2)C1. The van der Waals surface area contributed by atoms with Crippen LogP contribution in [0.5, 0.6) is 0 Å². The van der Waals surface area contributed by atoms with E-state index in [0.29, 0.717) is 5.92 Å². The highest BCUT2D eigenvalue weighted by atomic mass is 35.5. The summed E-state index contributed by atoms with van der Waals surface area (Å²) in [7, 11) is 0. The molecule has 0 amide bonds. The van der Waals surface area contributed by atoms with Gasteiger partial charge in [-0.1, -0.05) is 17.7 Å². The molecule has 1 aliphatic rings. The lowest BCUT2D eigenvalue weighted by Gasteiger charge is -2.34. The van der Waals surface area contributed by atoms with Crippen LogP contribution in [0, 0.1) is 11.7 Å². The smallest absolute Gasteiger partial charge is 0.141 e. The second-order valence-corrected chi connectivity index (χ2v) is 7.53. The van der Waals surface area contributed by atoms with Gasteiger partial charge in [0.25, 0.3) is 0 Å². The van der Waals surface area contributed by atoms with E-state index in [4.69, 9.17) is 11.6 Å². The average molecular weight is 313 g/mol. The fourth-order valence-corrected chi connectivity index (χ4v) is 3.01. The average Bonchev–Trinajstić information content (AvgIpc) is 2.40. The Labute approximate surface area is 132 Å². The van der Waals surface area contributed by atoms with E-state index in [1.165, 1.54) is 18.9 Å². The van der Waals surface area contributed by atoms with E-state index in [0.717, 1.165) is 31.7 Å². The molecule has 1 atom stereocenters. The third-order valence-corrected chi connectivity index (χ3v) is 4.20. The molecule has 1 aromatic carbocycles. The molecular formula is C17H26ClFN2. The van der Waals surface area contributed by atoms with Crippen molar-refractivity contribution in [3.8, 4) is 0 Å². The van der Waals surface area contributed by atoms with Gasteiger partial charge in [0.05, 0.1) is 5.02 Å². The molecule has 0 aliphatic carbocycles. The number of halogens is 2. The Morgan fingerprint density at radius 3 is 2.81 bits per heavy atom. The van der Waals surface area contributed by atoms with Crippen LogP contribution >= 0.6 is 11.6 Å². The summed E-state index contributed by atoms with van der Waals surface area (Å²) in [6, 6.07) is 5.03. The van der Waals surface area contributed by atoms with E-state index in [1.807, 2.05) is 6.07 Å². The Morgan fingerprint density at radius 1 is 1.38 bits per heavy atom. The van der Waals surface area contributed by atoms with E-state index in [9.17, 15) is 4.39 Å². The second kappa shape index (κ2) is 7.08. The lowest BCUT2D eigenvalue weighted by molar-refractivity contribution is 0.159. The van der Waals surface area contributed by atoms with Gasteiger partial charge >= 0.3 is 0 Å². The largest absolute Gasteiger partial charge is 0.312 e. The standard InChI is InChI=1S/C17H26ClFN2/c1-17(2,3)20-10-14-5-4-8-21(12-14)11-13-6-7-16(19)15(18)9-13/h6-7,9,14,20H,4-5,8,10-12H2,1-3H3. The lowest BCUT2D eigenvalue weighted by Crippen LogP contribution is -2.44. The van der Waals surface area contributed by atoms with Gasteiger partial charge in [0, 0.05) is 18.6 Å². The van der Waals surface area contributed by atoms with E-state index < -0.39 is 0 Å². The maximum absolute atomic E-state index is 13.2. The van der Waals surface area contributed by atoms with Gasteiger partial charge in [0.1, 0.15) is 5.82 Å². The molecule has 1 unspecified atom stereocenters. The topological polar surface area (TPSA) is 15.3 Å². The normalized spacial score (nSPS) is 20.7. The highest BCUT2D eigenvalue weighted by Gasteiger charge is 2.21. The van der Waals surface area contributed by atoms with Gasteiger partial charge in [-0.25, -0.2) is 4.39 Å². The molecule has 4 heteroatoms. The lowest BCUT2D eigenvalue weighted by atomic mass is 9.96. The van der Waals surface area contributed by atoms with Crippen LogP contribution in [0.15, 0.2) is 18.2 Å². The molecule has 2 rings (SSSR count). The van der Waals surface area contributed by atoms with Crippen LogP contribution in [0.3, 0.4) is 0 Å². The molecule has 118 valence electrons. The second-order valence-electron chi connectivity index (χ2n) is 7.12. The summed E-state index contributed by atoms with van der Waals surface area (Å²) in [6.45, 7) is 10.7. The number of nitrogens with one attached hydrogen (secondary N) is 1. The van der Waals surface area contributed by atoms with Gasteiger partial charge < -0.3 is 5.32 Å². The van der Waals surface area contributed by atoms with E-state index in [-0.39, 0.29) is 16.4 Å². The summed E-state index contributed by atoms with van der Waals surface area (Å²) in [5, 5.41) is 3.81. The fourth-order valence-electron chi connectivity index (χ4n) is 2.81. The number of hydrogen-bond acceptors (Lipinski definition) is 2. The zero-order chi connectivity index (χ0) is 15.5. The third kappa shape index (κ3) is 5.57. The van der Waals surface area contributed by atoms with Crippen molar-refractivity contribution < 1.29 is 4.39 Å². The van der Waals surface area contributed by atoms with Crippen molar-refractivity contribution >= 4 is 11.6 Å². The number of piperidine rings is 1. The van der Waals surface area contributed by atoms with Crippen LogP contribution in [0.25, 0.3) is 0 Å². The van der Waals surface area contributed by atoms with E-state index >= 15 is 0 Å². The summed E-state index contributed by atoms with van der Waals surface area (Å²) < 4.78 is 13.2. The van der Waals surface area contributed by atoms with E-state index in [1.54, 1.807) is 6.07 Å². The van der Waals surface area contributed by atoms with Gasteiger partial charge in [-0.2, -0.15) is 0 Å². The predicted molar refractivity (Wildman–Crippen MR) is 87.2 cm³/mol. The number of rotatable bonds is 4. The van der Waals surface area contributed by atoms with Crippen molar-refractivity contribution in [3.05, 3.63) is 34.6 Å². The number of likely N-dealkylation sites (tertiary alicyclic amines) is 1. The molecule has 1 saturated heterocycles. The van der Waals surface area contributed by atoms with Gasteiger partial charge in [-0.15, -0.1) is 0 Å². The Morgan fingerprint density at radius 2 is 2.14 bits per heavy atom. The Hall–Kier alpha value is -0.640. The molecule has 0 saturated carbocycles. The quantitative estimate of drug-likeness (QED) is 0.901. The molecule has 0 aromatic heterocycles. The molecule has 1 heterocycles. The summed E-state index contributed by atoms with van der Waals surface area (Å²) in [4.78, 5) is 2.45. The van der Waals surface area contributed by atoms with Crippen molar-refractivity contribution in [3.63, 3.8) is 0 Å². The summed E-state index contributed by atoms with van der Waals surface area (Å²) in [6.07, 6.45) is 2.51. The first-order chi connectivity index (χ1) is 9.83. The minimum absolute atomic E-state index is 0.173. The Balaban J connectivity index is 1.87. The molecule has 0 spiro atoms. The molecule has 0 radical (unpaired) electrons. The first-order valence-corrected chi connectivity index (χ1v) is 8.12. The van der Waals surface area contributed by atoms with Crippen LogP contribution in [0.1, 0.15) is 39.2 Å². The third-order valence-electron chi connectivity index (χ3n) is 3.91. The zero-order valence-corrected chi connectivity index (χ0v) is 14.0. The van der Waals surface area contributed by atoms with Crippen molar-refractivity contribution in [1.29, 1.82) is 0 Å². The number of benzene rings is 1. The minimum atomic E-state index is -0.341. The Bertz CT molecular complexity index is 470. The van der Waals surface area contributed by atoms with Gasteiger partial charge in [0.2, 0.25) is 0 Å². The maximum Gasteiger partial charge on any atom is 0.141 e. The van der Waals surface area contributed by atoms with Crippen molar-refractivity contribution in [2.24, 2.45) is 5.92 Å². The van der Waals surface area contributed by atoms with Gasteiger partial charge in [-0.3, -0.25) is 4.90 Å². The molecule has 1 aromatic rings. The fraction of sp³-hybridized carbons (Fsp3) is 0.647.